The van der Waals surface area contributed by atoms with Crippen LogP contribution in [0, 0.1) is 0 Å². The lowest BCUT2D eigenvalue weighted by molar-refractivity contribution is -0.111. The van der Waals surface area contributed by atoms with E-state index in [2.05, 4.69) is 25.9 Å². The molecule has 0 unspecified atom stereocenters. The fourth-order valence-corrected chi connectivity index (χ4v) is 1.66. The first-order valence-electron chi connectivity index (χ1n) is 3.91. The molecule has 0 aliphatic carbocycles. The van der Waals surface area contributed by atoms with Gasteiger partial charge < -0.3 is 0 Å². The predicted octanol–water partition coefficient (Wildman–Crippen LogP) is -0.171. The van der Waals surface area contributed by atoms with E-state index in [9.17, 15) is 4.79 Å². The van der Waals surface area contributed by atoms with Crippen LogP contribution in [-0.2, 0) is 4.79 Å². The third-order valence-corrected chi connectivity index (χ3v) is 2.47. The normalized spacial score (nSPS) is 13.8. The molecule has 1 aliphatic heterocycles. The summed E-state index contributed by atoms with van der Waals surface area (Å²) in [6, 6.07) is 3.70. The molecule has 0 atom stereocenters. The van der Waals surface area contributed by atoms with E-state index >= 15 is 0 Å². The van der Waals surface area contributed by atoms with Gasteiger partial charge in [0, 0.05) is 17.0 Å². The number of rotatable bonds is 2. The van der Waals surface area contributed by atoms with Crippen LogP contribution in [0.2, 0.25) is 0 Å². The minimum absolute atomic E-state index is 0.0931. The number of ketones is 1. The zero-order chi connectivity index (χ0) is 9.26. The third kappa shape index (κ3) is 1.42. The molecule has 1 aromatic rings. The van der Waals surface area contributed by atoms with Gasteiger partial charge in [-0.05, 0) is 12.1 Å². The summed E-state index contributed by atoms with van der Waals surface area (Å²) >= 11 is 3.14. The molecule has 0 saturated heterocycles. The highest BCUT2D eigenvalue weighted by Crippen LogP contribution is 2.00. The second-order valence-electron chi connectivity index (χ2n) is 2.73. The number of fused-ring (bicyclic) bond motifs is 1. The molecule has 1 aromatic heterocycles. The maximum Gasteiger partial charge on any atom is 0.171 e. The summed E-state index contributed by atoms with van der Waals surface area (Å²) in [7, 11) is 0. The van der Waals surface area contributed by atoms with Crippen molar-refractivity contribution in [2.75, 3.05) is 11.9 Å². The average molecular weight is 239 g/mol. The molecule has 2 heterocycles. The number of Topliss-reactive ketones (excluding diaryl/α,β-unsaturated/α-hetero) is 1. The first-order chi connectivity index (χ1) is 6.33. The summed E-state index contributed by atoms with van der Waals surface area (Å²) in [4.78, 5) is 19.6. The van der Waals surface area contributed by atoms with E-state index in [1.54, 1.807) is 6.20 Å². The summed E-state index contributed by atoms with van der Waals surface area (Å²) in [6.07, 6.45) is 1.68. The smallest absolute Gasteiger partial charge is 0.171 e. The molecule has 1 aliphatic rings. The number of hydrogen-bond acceptors (Lipinski definition) is 3. The SMILES string of the molecule is O=C(CBr)C1=c2cccnc2=NC1. The number of carbonyl (C=O) groups excluding carboxylic acids is 1. The zero-order valence-electron chi connectivity index (χ0n) is 6.83. The summed E-state index contributed by atoms with van der Waals surface area (Å²) < 4.78 is 0. The lowest BCUT2D eigenvalue weighted by Crippen LogP contribution is -2.27. The molecule has 0 saturated carbocycles. The number of hydrogen-bond donors (Lipinski definition) is 0. The van der Waals surface area contributed by atoms with Gasteiger partial charge in [-0.15, -0.1) is 0 Å². The zero-order valence-corrected chi connectivity index (χ0v) is 8.41. The fraction of sp³-hybridized carbons (Fsp3) is 0.222. The van der Waals surface area contributed by atoms with Gasteiger partial charge in [0.25, 0.3) is 0 Å². The third-order valence-electron chi connectivity index (χ3n) is 1.96. The maximum absolute atomic E-state index is 11.4. The van der Waals surface area contributed by atoms with Crippen LogP contribution in [0.15, 0.2) is 23.3 Å². The van der Waals surface area contributed by atoms with E-state index < -0.39 is 0 Å². The van der Waals surface area contributed by atoms with Crippen molar-refractivity contribution in [2.24, 2.45) is 4.99 Å². The minimum Gasteiger partial charge on any atom is -0.294 e. The van der Waals surface area contributed by atoms with Crippen molar-refractivity contribution in [3.8, 4) is 0 Å². The quantitative estimate of drug-likeness (QED) is 0.672. The Morgan fingerprint density at radius 3 is 3.23 bits per heavy atom. The molecule has 0 radical (unpaired) electrons. The molecule has 0 spiro atoms. The highest BCUT2D eigenvalue weighted by atomic mass is 79.9. The summed E-state index contributed by atoms with van der Waals surface area (Å²) in [5, 5.41) is 1.23. The summed E-state index contributed by atoms with van der Waals surface area (Å²) in [6.45, 7) is 0.469. The van der Waals surface area contributed by atoms with Crippen LogP contribution in [0.4, 0.5) is 0 Å². The Hall–Kier alpha value is -1.03. The van der Waals surface area contributed by atoms with Crippen LogP contribution >= 0.6 is 15.9 Å². The Bertz CT molecular complexity index is 467. The second kappa shape index (κ2) is 3.38. The molecule has 13 heavy (non-hydrogen) atoms. The molecule has 0 aromatic carbocycles. The molecular formula is C9H7BrN2O. The lowest BCUT2D eigenvalue weighted by atomic mass is 10.1. The average Bonchev–Trinajstić information content (AvgIpc) is 2.60. The lowest BCUT2D eigenvalue weighted by Gasteiger charge is -1.93. The van der Waals surface area contributed by atoms with Crippen LogP contribution in [-0.4, -0.2) is 22.6 Å². The molecule has 0 bridgehead atoms. The molecule has 3 nitrogen and oxygen atoms in total. The molecule has 0 fully saturated rings. The number of halogens is 1. The maximum atomic E-state index is 11.4. The monoisotopic (exact) mass is 238 g/mol. The molecular weight excluding hydrogens is 232 g/mol. The van der Waals surface area contributed by atoms with Crippen molar-refractivity contribution in [3.63, 3.8) is 0 Å². The van der Waals surface area contributed by atoms with Crippen molar-refractivity contribution in [2.45, 2.75) is 0 Å². The molecule has 0 N–H and O–H groups in total. The molecule has 4 heteroatoms. The fourth-order valence-electron chi connectivity index (χ4n) is 1.32. The largest absolute Gasteiger partial charge is 0.294 e. The Labute approximate surface area is 83.3 Å². The van der Waals surface area contributed by atoms with E-state index in [1.165, 1.54) is 0 Å². The number of alkyl halides is 1. The predicted molar refractivity (Wildman–Crippen MR) is 52.1 cm³/mol. The number of aromatic nitrogens is 1. The van der Waals surface area contributed by atoms with Crippen LogP contribution in [0.1, 0.15) is 0 Å². The summed E-state index contributed by atoms with van der Waals surface area (Å²) in [5.74, 6) is 0.0931. The Balaban J connectivity index is 2.67. The Kier molecular flexibility index (Phi) is 2.22. The Morgan fingerprint density at radius 2 is 2.46 bits per heavy atom. The number of carbonyl (C=O) groups is 1. The van der Waals surface area contributed by atoms with Crippen LogP contribution in [0.5, 0.6) is 0 Å². The first-order valence-corrected chi connectivity index (χ1v) is 5.03. The molecule has 66 valence electrons. The van der Waals surface area contributed by atoms with Gasteiger partial charge in [-0.3, -0.25) is 9.79 Å². The topological polar surface area (TPSA) is 42.3 Å². The van der Waals surface area contributed by atoms with Gasteiger partial charge in [0.2, 0.25) is 0 Å². The summed E-state index contributed by atoms with van der Waals surface area (Å²) in [5.41, 5.74) is 1.45. The van der Waals surface area contributed by atoms with Gasteiger partial charge in [0.05, 0.1) is 11.9 Å². The van der Waals surface area contributed by atoms with Gasteiger partial charge in [0.1, 0.15) is 0 Å². The molecule has 0 amide bonds. The van der Waals surface area contributed by atoms with E-state index in [4.69, 9.17) is 0 Å². The van der Waals surface area contributed by atoms with E-state index in [-0.39, 0.29) is 5.78 Å². The van der Waals surface area contributed by atoms with Crippen LogP contribution in [0.25, 0.3) is 5.57 Å². The van der Waals surface area contributed by atoms with Crippen LogP contribution in [0.3, 0.4) is 0 Å². The van der Waals surface area contributed by atoms with Crippen molar-refractivity contribution in [3.05, 3.63) is 29.0 Å². The van der Waals surface area contributed by atoms with E-state index in [0.29, 0.717) is 17.4 Å². The van der Waals surface area contributed by atoms with Gasteiger partial charge in [0.15, 0.2) is 11.3 Å². The molecule has 2 rings (SSSR count). The van der Waals surface area contributed by atoms with Gasteiger partial charge in [-0.2, -0.15) is 0 Å². The van der Waals surface area contributed by atoms with E-state index in [1.807, 2.05) is 12.1 Å². The minimum atomic E-state index is 0.0931. The second-order valence-corrected chi connectivity index (χ2v) is 3.29. The number of nitrogens with zero attached hydrogens (tertiary/aromatic N) is 2. The van der Waals surface area contributed by atoms with Crippen molar-refractivity contribution >= 4 is 27.3 Å². The van der Waals surface area contributed by atoms with Crippen molar-refractivity contribution in [1.29, 1.82) is 0 Å². The van der Waals surface area contributed by atoms with Gasteiger partial charge in [-0.25, -0.2) is 4.98 Å². The van der Waals surface area contributed by atoms with E-state index in [0.717, 1.165) is 10.8 Å². The van der Waals surface area contributed by atoms with Gasteiger partial charge in [-0.1, -0.05) is 15.9 Å². The van der Waals surface area contributed by atoms with Crippen molar-refractivity contribution in [1.82, 2.24) is 4.98 Å². The highest BCUT2D eigenvalue weighted by molar-refractivity contribution is 9.09. The van der Waals surface area contributed by atoms with Crippen LogP contribution < -0.4 is 10.7 Å². The highest BCUT2D eigenvalue weighted by Gasteiger charge is 2.13. The number of pyridine rings is 1. The standard InChI is InChI=1S/C9H7BrN2O/c10-4-8(13)7-5-12-9-6(7)2-1-3-11-9/h1-3H,4-5H2. The van der Waals surface area contributed by atoms with Crippen molar-refractivity contribution < 1.29 is 4.79 Å². The van der Waals surface area contributed by atoms with Gasteiger partial charge >= 0.3 is 0 Å². The first kappa shape index (κ1) is 8.56. The Morgan fingerprint density at radius 1 is 1.62 bits per heavy atom.